The molecule has 0 spiro atoms. The zero-order valence-electron chi connectivity index (χ0n) is 10.9. The van der Waals surface area contributed by atoms with Gasteiger partial charge in [-0.3, -0.25) is 10.1 Å². The van der Waals surface area contributed by atoms with Gasteiger partial charge in [0.15, 0.2) is 0 Å². The average Bonchev–Trinajstić information content (AvgIpc) is 2.39. The smallest absolute Gasteiger partial charge is 0.320 e. The van der Waals surface area contributed by atoms with Crippen molar-refractivity contribution in [2.24, 2.45) is 0 Å². The van der Waals surface area contributed by atoms with Crippen LogP contribution in [0.3, 0.4) is 0 Å². The third-order valence-electron chi connectivity index (χ3n) is 3.27. The molecule has 0 aliphatic rings. The Morgan fingerprint density at radius 1 is 1.16 bits per heavy atom. The van der Waals surface area contributed by atoms with Crippen LogP contribution in [0.2, 0.25) is 0 Å². The number of nitrogens with one attached hydrogen (secondary N) is 1. The number of rotatable bonds is 4. The van der Waals surface area contributed by atoms with Gasteiger partial charge in [0.2, 0.25) is 0 Å². The first kappa shape index (κ1) is 13.4. The predicted octanol–water partition coefficient (Wildman–Crippen LogP) is 2.67. The fourth-order valence-electron chi connectivity index (χ4n) is 2.16. The lowest BCUT2D eigenvalue weighted by atomic mass is 10.0. The van der Waals surface area contributed by atoms with Gasteiger partial charge in [-0.1, -0.05) is 36.4 Å². The Labute approximate surface area is 111 Å². The minimum atomic E-state index is -0.910. The fraction of sp³-hybridized carbons (Fsp3) is 0.267. The summed E-state index contributed by atoms with van der Waals surface area (Å²) >= 11 is 0. The minimum Gasteiger partial charge on any atom is -0.507 e. The Kier molecular flexibility index (Phi) is 3.71. The molecule has 0 aliphatic carbocycles. The van der Waals surface area contributed by atoms with Gasteiger partial charge in [0.1, 0.15) is 11.8 Å². The quantitative estimate of drug-likeness (QED) is 0.789. The van der Waals surface area contributed by atoms with Gasteiger partial charge in [0, 0.05) is 17.0 Å². The van der Waals surface area contributed by atoms with E-state index in [1.54, 1.807) is 6.92 Å². The summed E-state index contributed by atoms with van der Waals surface area (Å²) in [7, 11) is 0. The van der Waals surface area contributed by atoms with Gasteiger partial charge in [0.25, 0.3) is 0 Å². The van der Waals surface area contributed by atoms with Gasteiger partial charge >= 0.3 is 5.97 Å². The molecule has 4 nitrogen and oxygen atoms in total. The number of hydrogen-bond donors (Lipinski definition) is 3. The maximum atomic E-state index is 10.8. The Morgan fingerprint density at radius 3 is 2.53 bits per heavy atom. The molecule has 2 atom stereocenters. The Morgan fingerprint density at radius 2 is 1.84 bits per heavy atom. The molecule has 19 heavy (non-hydrogen) atoms. The molecule has 0 heterocycles. The third-order valence-corrected chi connectivity index (χ3v) is 3.27. The summed E-state index contributed by atoms with van der Waals surface area (Å²) in [6, 6.07) is 10.4. The number of benzene rings is 2. The number of phenolic OH excluding ortho intramolecular Hbond substituents is 1. The van der Waals surface area contributed by atoms with Crippen molar-refractivity contribution in [1.82, 2.24) is 5.32 Å². The van der Waals surface area contributed by atoms with E-state index in [4.69, 9.17) is 5.11 Å². The second-order valence-electron chi connectivity index (χ2n) is 4.67. The fourth-order valence-corrected chi connectivity index (χ4v) is 2.16. The minimum absolute atomic E-state index is 0.204. The largest absolute Gasteiger partial charge is 0.507 e. The number of phenols is 1. The first-order chi connectivity index (χ1) is 9.00. The van der Waals surface area contributed by atoms with E-state index in [1.807, 2.05) is 43.3 Å². The molecule has 0 aromatic heterocycles. The summed E-state index contributed by atoms with van der Waals surface area (Å²) in [5, 5.41) is 23.9. The molecule has 2 unspecified atom stereocenters. The van der Waals surface area contributed by atoms with Crippen LogP contribution in [-0.4, -0.2) is 22.2 Å². The van der Waals surface area contributed by atoms with Crippen LogP contribution in [0, 0.1) is 0 Å². The van der Waals surface area contributed by atoms with E-state index >= 15 is 0 Å². The highest BCUT2D eigenvalue weighted by atomic mass is 16.4. The number of aliphatic carboxylic acids is 1. The number of fused-ring (bicyclic) bond motifs is 1. The number of aromatic hydroxyl groups is 1. The number of carbonyl (C=O) groups is 1. The molecule has 100 valence electrons. The van der Waals surface area contributed by atoms with Crippen molar-refractivity contribution >= 4 is 16.7 Å². The van der Waals surface area contributed by atoms with Gasteiger partial charge in [-0.15, -0.1) is 0 Å². The van der Waals surface area contributed by atoms with Crippen LogP contribution in [0.25, 0.3) is 10.8 Å². The van der Waals surface area contributed by atoms with E-state index in [2.05, 4.69) is 5.32 Å². The predicted molar refractivity (Wildman–Crippen MR) is 74.3 cm³/mol. The molecule has 2 rings (SSSR count). The second-order valence-corrected chi connectivity index (χ2v) is 4.67. The lowest BCUT2D eigenvalue weighted by molar-refractivity contribution is -0.139. The summed E-state index contributed by atoms with van der Waals surface area (Å²) < 4.78 is 0. The van der Waals surface area contributed by atoms with Crippen LogP contribution in [0.15, 0.2) is 36.4 Å². The number of carboxylic acid groups (broad SMARTS) is 1. The molecule has 0 saturated heterocycles. The lowest BCUT2D eigenvalue weighted by Gasteiger charge is -2.19. The number of hydrogen-bond acceptors (Lipinski definition) is 3. The van der Waals surface area contributed by atoms with Crippen LogP contribution in [0.5, 0.6) is 5.75 Å². The highest BCUT2D eigenvalue weighted by Crippen LogP contribution is 2.32. The van der Waals surface area contributed by atoms with Gasteiger partial charge in [-0.25, -0.2) is 0 Å². The molecule has 0 aliphatic heterocycles. The van der Waals surface area contributed by atoms with E-state index < -0.39 is 12.0 Å². The van der Waals surface area contributed by atoms with Crippen molar-refractivity contribution in [3.8, 4) is 5.75 Å². The molecule has 2 aromatic rings. The van der Waals surface area contributed by atoms with Crippen LogP contribution in [0.1, 0.15) is 25.5 Å². The molecular weight excluding hydrogens is 242 g/mol. The molecule has 0 bridgehead atoms. The second kappa shape index (κ2) is 5.28. The van der Waals surface area contributed by atoms with Gasteiger partial charge in [-0.05, 0) is 19.2 Å². The zero-order valence-corrected chi connectivity index (χ0v) is 10.9. The first-order valence-corrected chi connectivity index (χ1v) is 6.20. The molecule has 3 N–H and O–H groups in total. The maximum Gasteiger partial charge on any atom is 0.320 e. The van der Waals surface area contributed by atoms with E-state index in [1.165, 1.54) is 0 Å². The van der Waals surface area contributed by atoms with Crippen molar-refractivity contribution in [2.75, 3.05) is 0 Å². The van der Waals surface area contributed by atoms with Gasteiger partial charge in [-0.2, -0.15) is 0 Å². The topological polar surface area (TPSA) is 69.6 Å². The van der Waals surface area contributed by atoms with Gasteiger partial charge < -0.3 is 10.2 Å². The van der Waals surface area contributed by atoms with E-state index in [-0.39, 0.29) is 11.8 Å². The summed E-state index contributed by atoms with van der Waals surface area (Å²) in [5.74, 6) is -0.706. The number of carboxylic acids is 1. The summed E-state index contributed by atoms with van der Waals surface area (Å²) in [6.07, 6.45) is 0. The highest BCUT2D eigenvalue weighted by Gasteiger charge is 2.18. The Balaban J connectivity index is 2.35. The molecule has 0 fully saturated rings. The summed E-state index contributed by atoms with van der Waals surface area (Å²) in [5.41, 5.74) is 0.701. The molecule has 2 aromatic carbocycles. The van der Waals surface area contributed by atoms with Crippen molar-refractivity contribution < 1.29 is 15.0 Å². The maximum absolute atomic E-state index is 10.8. The standard InChI is InChI=1S/C15H17NO3/c1-9(16-10(2)15(18)19)12-8-7-11-5-3-4-6-13(11)14(12)17/h3-10,16-17H,1-2H3,(H,18,19). The average molecular weight is 259 g/mol. The van der Waals surface area contributed by atoms with E-state index in [0.717, 1.165) is 10.8 Å². The van der Waals surface area contributed by atoms with Crippen LogP contribution >= 0.6 is 0 Å². The van der Waals surface area contributed by atoms with Crippen LogP contribution in [-0.2, 0) is 4.79 Å². The van der Waals surface area contributed by atoms with Gasteiger partial charge in [0.05, 0.1) is 0 Å². The van der Waals surface area contributed by atoms with Crippen LogP contribution in [0.4, 0.5) is 0 Å². The van der Waals surface area contributed by atoms with Crippen LogP contribution < -0.4 is 5.32 Å². The van der Waals surface area contributed by atoms with Crippen molar-refractivity contribution in [3.05, 3.63) is 42.0 Å². The molecule has 0 radical (unpaired) electrons. The summed E-state index contributed by atoms with van der Waals surface area (Å²) in [4.78, 5) is 10.8. The highest BCUT2D eigenvalue weighted by molar-refractivity contribution is 5.89. The van der Waals surface area contributed by atoms with Crippen molar-refractivity contribution in [2.45, 2.75) is 25.9 Å². The SMILES string of the molecule is CC(NC(C)c1ccc2ccccc2c1O)C(=O)O. The molecule has 0 saturated carbocycles. The van der Waals surface area contributed by atoms with Crippen molar-refractivity contribution in [3.63, 3.8) is 0 Å². The van der Waals surface area contributed by atoms with E-state index in [9.17, 15) is 9.90 Å². The van der Waals surface area contributed by atoms with Crippen molar-refractivity contribution in [1.29, 1.82) is 0 Å². The zero-order chi connectivity index (χ0) is 14.0. The first-order valence-electron chi connectivity index (χ1n) is 6.20. The molecular formula is C15H17NO3. The molecule has 0 amide bonds. The summed E-state index contributed by atoms with van der Waals surface area (Å²) in [6.45, 7) is 3.42. The van der Waals surface area contributed by atoms with E-state index in [0.29, 0.717) is 5.56 Å². The third kappa shape index (κ3) is 2.69. The Bertz CT molecular complexity index is 609. The Hall–Kier alpha value is -2.07. The normalized spacial score (nSPS) is 14.2. The lowest BCUT2D eigenvalue weighted by Crippen LogP contribution is -2.35. The monoisotopic (exact) mass is 259 g/mol. The molecule has 4 heteroatoms.